The Labute approximate surface area is 159 Å². The number of rotatable bonds is 6. The first-order valence-corrected chi connectivity index (χ1v) is 10.1. The number of nitrogens with zero attached hydrogens (tertiary/aromatic N) is 3. The van der Waals surface area contributed by atoms with Crippen LogP contribution in [0.2, 0.25) is 0 Å². The second-order valence-corrected chi connectivity index (χ2v) is 7.89. The van der Waals surface area contributed by atoms with Crippen LogP contribution < -0.4 is 9.64 Å². The van der Waals surface area contributed by atoms with Crippen molar-refractivity contribution in [3.63, 3.8) is 0 Å². The first-order chi connectivity index (χ1) is 12.7. The van der Waals surface area contributed by atoms with Gasteiger partial charge in [0.1, 0.15) is 5.75 Å². The van der Waals surface area contributed by atoms with Crippen LogP contribution in [0.15, 0.2) is 35.9 Å². The van der Waals surface area contributed by atoms with E-state index in [2.05, 4.69) is 58.9 Å². The lowest BCUT2D eigenvalue weighted by Gasteiger charge is -2.44. The molecule has 0 saturated carbocycles. The maximum Gasteiger partial charge on any atom is 0.119 e. The van der Waals surface area contributed by atoms with Crippen molar-refractivity contribution in [2.75, 3.05) is 57.8 Å². The lowest BCUT2D eigenvalue weighted by molar-refractivity contribution is 0.0936. The molecule has 2 fully saturated rings. The minimum absolute atomic E-state index is 0.744. The SMILES string of the molecule is COc1ccc(N2CCN(C3CCCN(CCC=C(C)C)C3)CC2)cc1. The molecule has 0 N–H and O–H groups in total. The molecule has 0 aliphatic carbocycles. The van der Waals surface area contributed by atoms with Crippen LogP contribution in [0, 0.1) is 0 Å². The van der Waals surface area contributed by atoms with Gasteiger partial charge in [0.25, 0.3) is 0 Å². The zero-order valence-electron chi connectivity index (χ0n) is 16.8. The fourth-order valence-electron chi connectivity index (χ4n) is 4.21. The van der Waals surface area contributed by atoms with Gasteiger partial charge >= 0.3 is 0 Å². The highest BCUT2D eigenvalue weighted by Gasteiger charge is 2.27. The van der Waals surface area contributed by atoms with Crippen LogP contribution in [0.3, 0.4) is 0 Å². The van der Waals surface area contributed by atoms with E-state index in [1.165, 1.54) is 63.2 Å². The number of benzene rings is 1. The van der Waals surface area contributed by atoms with Crippen LogP contribution in [0.5, 0.6) is 5.75 Å². The van der Waals surface area contributed by atoms with E-state index in [-0.39, 0.29) is 0 Å². The molecule has 0 spiro atoms. The fourth-order valence-corrected chi connectivity index (χ4v) is 4.21. The van der Waals surface area contributed by atoms with E-state index in [1.54, 1.807) is 7.11 Å². The number of hydrogen-bond acceptors (Lipinski definition) is 4. The molecule has 0 bridgehead atoms. The Kier molecular flexibility index (Phi) is 6.98. The Hall–Kier alpha value is -1.52. The van der Waals surface area contributed by atoms with Gasteiger partial charge in [-0.15, -0.1) is 0 Å². The molecule has 0 amide bonds. The summed E-state index contributed by atoms with van der Waals surface area (Å²) in [5.74, 6) is 0.933. The molecule has 0 aromatic heterocycles. The van der Waals surface area contributed by atoms with Gasteiger partial charge in [0, 0.05) is 51.0 Å². The molecule has 1 unspecified atom stereocenters. The third kappa shape index (κ3) is 5.24. The first kappa shape index (κ1) is 19.2. The van der Waals surface area contributed by atoms with Gasteiger partial charge < -0.3 is 14.5 Å². The van der Waals surface area contributed by atoms with Gasteiger partial charge in [0.15, 0.2) is 0 Å². The van der Waals surface area contributed by atoms with E-state index >= 15 is 0 Å². The largest absolute Gasteiger partial charge is 0.497 e. The zero-order valence-corrected chi connectivity index (χ0v) is 16.8. The summed E-state index contributed by atoms with van der Waals surface area (Å²) in [6, 6.07) is 9.23. The highest BCUT2D eigenvalue weighted by atomic mass is 16.5. The summed E-state index contributed by atoms with van der Waals surface area (Å²) in [5, 5.41) is 0. The molecule has 1 aromatic rings. The van der Waals surface area contributed by atoms with Gasteiger partial charge in [-0.05, 0) is 63.9 Å². The zero-order chi connectivity index (χ0) is 18.4. The lowest BCUT2D eigenvalue weighted by Crippen LogP contribution is -2.55. The average Bonchev–Trinajstić information content (AvgIpc) is 2.68. The number of likely N-dealkylation sites (tertiary alicyclic amines) is 1. The molecule has 144 valence electrons. The fraction of sp³-hybridized carbons (Fsp3) is 0.636. The second-order valence-electron chi connectivity index (χ2n) is 7.89. The first-order valence-electron chi connectivity index (χ1n) is 10.1. The minimum atomic E-state index is 0.744. The molecule has 1 atom stereocenters. The van der Waals surface area contributed by atoms with Crippen molar-refractivity contribution in [3.8, 4) is 5.75 Å². The molecule has 2 aliphatic heterocycles. The lowest BCUT2D eigenvalue weighted by atomic mass is 10.0. The number of ether oxygens (including phenoxy) is 1. The van der Waals surface area contributed by atoms with E-state index in [1.807, 2.05) is 0 Å². The van der Waals surface area contributed by atoms with Crippen molar-refractivity contribution in [1.29, 1.82) is 0 Å². The summed E-state index contributed by atoms with van der Waals surface area (Å²) < 4.78 is 5.27. The molecule has 26 heavy (non-hydrogen) atoms. The van der Waals surface area contributed by atoms with Crippen molar-refractivity contribution in [1.82, 2.24) is 9.80 Å². The third-order valence-electron chi connectivity index (χ3n) is 5.75. The van der Waals surface area contributed by atoms with Gasteiger partial charge in [0.2, 0.25) is 0 Å². The van der Waals surface area contributed by atoms with Crippen LogP contribution in [0.25, 0.3) is 0 Å². The van der Waals surface area contributed by atoms with E-state index in [0.29, 0.717) is 0 Å². The van der Waals surface area contributed by atoms with Crippen molar-refractivity contribution in [3.05, 3.63) is 35.9 Å². The smallest absolute Gasteiger partial charge is 0.119 e. The quantitative estimate of drug-likeness (QED) is 0.724. The van der Waals surface area contributed by atoms with Gasteiger partial charge in [-0.3, -0.25) is 4.90 Å². The standard InChI is InChI=1S/C22H35N3O/c1-19(2)6-4-12-23-13-5-7-21(18-23)25-16-14-24(15-17-25)20-8-10-22(26-3)11-9-20/h6,8-11,21H,4-5,7,12-18H2,1-3H3. The number of piperazine rings is 1. The van der Waals surface area contributed by atoms with Crippen LogP contribution >= 0.6 is 0 Å². The van der Waals surface area contributed by atoms with Gasteiger partial charge in [-0.25, -0.2) is 0 Å². The summed E-state index contributed by atoms with van der Waals surface area (Å²) in [5.41, 5.74) is 2.76. The summed E-state index contributed by atoms with van der Waals surface area (Å²) in [4.78, 5) is 7.90. The molecular weight excluding hydrogens is 322 g/mol. The predicted molar refractivity (Wildman–Crippen MR) is 110 cm³/mol. The van der Waals surface area contributed by atoms with Gasteiger partial charge in [-0.2, -0.15) is 0 Å². The average molecular weight is 358 g/mol. The summed E-state index contributed by atoms with van der Waals surface area (Å²) >= 11 is 0. The topological polar surface area (TPSA) is 19.0 Å². The Bertz CT molecular complexity index is 572. The van der Waals surface area contributed by atoms with E-state index in [9.17, 15) is 0 Å². The van der Waals surface area contributed by atoms with Crippen molar-refractivity contribution >= 4 is 5.69 Å². The number of methoxy groups -OCH3 is 1. The minimum Gasteiger partial charge on any atom is -0.497 e. The highest BCUT2D eigenvalue weighted by Crippen LogP contribution is 2.23. The summed E-state index contributed by atoms with van der Waals surface area (Å²) in [7, 11) is 1.72. The molecule has 4 heteroatoms. The Morgan fingerprint density at radius 1 is 1.08 bits per heavy atom. The number of piperidine rings is 1. The third-order valence-corrected chi connectivity index (χ3v) is 5.75. The van der Waals surface area contributed by atoms with Gasteiger partial charge in [-0.1, -0.05) is 11.6 Å². The van der Waals surface area contributed by atoms with Crippen LogP contribution in [0.4, 0.5) is 5.69 Å². The maximum atomic E-state index is 5.27. The van der Waals surface area contributed by atoms with Crippen LogP contribution in [-0.4, -0.2) is 68.8 Å². The second kappa shape index (κ2) is 9.43. The normalized spacial score (nSPS) is 22.3. The monoisotopic (exact) mass is 357 g/mol. The number of allylic oxidation sites excluding steroid dienone is 1. The molecule has 2 saturated heterocycles. The molecule has 3 rings (SSSR count). The maximum absolute atomic E-state index is 5.27. The van der Waals surface area contributed by atoms with Crippen molar-refractivity contribution < 1.29 is 4.74 Å². The highest BCUT2D eigenvalue weighted by molar-refractivity contribution is 5.49. The van der Waals surface area contributed by atoms with Crippen molar-refractivity contribution in [2.24, 2.45) is 0 Å². The van der Waals surface area contributed by atoms with Crippen LogP contribution in [0.1, 0.15) is 33.1 Å². The van der Waals surface area contributed by atoms with E-state index < -0.39 is 0 Å². The summed E-state index contributed by atoms with van der Waals surface area (Å²) in [6.45, 7) is 12.7. The molecular formula is C22H35N3O. The summed E-state index contributed by atoms with van der Waals surface area (Å²) in [6.07, 6.45) is 6.28. The number of hydrogen-bond donors (Lipinski definition) is 0. The van der Waals surface area contributed by atoms with Gasteiger partial charge in [0.05, 0.1) is 7.11 Å². The van der Waals surface area contributed by atoms with Crippen LogP contribution in [-0.2, 0) is 0 Å². The van der Waals surface area contributed by atoms with E-state index in [4.69, 9.17) is 4.74 Å². The Balaban J connectivity index is 1.47. The molecule has 4 nitrogen and oxygen atoms in total. The Morgan fingerprint density at radius 3 is 2.46 bits per heavy atom. The molecule has 2 aliphatic rings. The van der Waals surface area contributed by atoms with Crippen molar-refractivity contribution in [2.45, 2.75) is 39.2 Å². The number of anilines is 1. The van der Waals surface area contributed by atoms with E-state index in [0.717, 1.165) is 24.9 Å². The predicted octanol–water partition coefficient (Wildman–Crippen LogP) is 3.64. The molecule has 1 aromatic carbocycles. The Morgan fingerprint density at radius 2 is 1.81 bits per heavy atom. The molecule has 2 heterocycles. The molecule has 0 radical (unpaired) electrons.